The molecular formula is C87H183N5. The smallest absolute Gasteiger partial charge is 0.0125 e. The Morgan fingerprint density at radius 3 is 0.630 bits per heavy atom. The summed E-state index contributed by atoms with van der Waals surface area (Å²) in [5, 5.41) is 0. The Morgan fingerprint density at radius 2 is 0.413 bits per heavy atom. The van der Waals surface area contributed by atoms with Gasteiger partial charge in [0.15, 0.2) is 0 Å². The Hall–Kier alpha value is -0.200. The van der Waals surface area contributed by atoms with Crippen molar-refractivity contribution in [3.8, 4) is 0 Å². The van der Waals surface area contributed by atoms with Crippen molar-refractivity contribution >= 4 is 0 Å². The first-order chi connectivity index (χ1) is 42.3. The number of hydrogen-bond acceptors (Lipinski definition) is 5. The van der Waals surface area contributed by atoms with Gasteiger partial charge in [-0.15, -0.1) is 0 Å². The van der Waals surface area contributed by atoms with Gasteiger partial charge >= 0.3 is 0 Å². The van der Waals surface area contributed by atoms with Gasteiger partial charge in [-0.25, -0.2) is 0 Å². The van der Waals surface area contributed by atoms with Crippen LogP contribution in [0.15, 0.2) is 0 Å². The molecule has 0 radical (unpaired) electrons. The van der Waals surface area contributed by atoms with Crippen LogP contribution in [0, 0.1) is 63.1 Å². The van der Waals surface area contributed by atoms with Crippen molar-refractivity contribution in [3.63, 3.8) is 0 Å². The van der Waals surface area contributed by atoms with Gasteiger partial charge in [0.25, 0.3) is 0 Å². The molecule has 0 amide bonds. The van der Waals surface area contributed by atoms with Crippen LogP contribution < -0.4 is 0 Å². The monoisotopic (exact) mass is 1300 g/mol. The highest BCUT2D eigenvalue weighted by Crippen LogP contribution is 2.38. The van der Waals surface area contributed by atoms with Crippen molar-refractivity contribution < 1.29 is 0 Å². The fourth-order valence-electron chi connectivity index (χ4n) is 15.5. The maximum Gasteiger partial charge on any atom is 0.0125 e. The second kappa shape index (κ2) is 47.8. The first kappa shape index (κ1) is 93.9. The van der Waals surface area contributed by atoms with Gasteiger partial charge in [0.2, 0.25) is 0 Å². The number of nitrogens with zero attached hydrogens (tertiary/aromatic N) is 5. The van der Waals surface area contributed by atoms with Gasteiger partial charge in [0, 0.05) is 22.2 Å². The molecule has 0 atom stereocenters. The zero-order valence-corrected chi connectivity index (χ0v) is 70.6. The molecule has 3 aliphatic carbocycles. The molecule has 0 unspecified atom stereocenters. The largest absolute Gasteiger partial charge is 0.306 e. The summed E-state index contributed by atoms with van der Waals surface area (Å²) in [6, 6.07) is 0. The summed E-state index contributed by atoms with van der Waals surface area (Å²) in [4.78, 5) is 12.8. The first-order valence-corrected chi connectivity index (χ1v) is 41.0. The van der Waals surface area contributed by atoms with Crippen LogP contribution in [0.5, 0.6) is 0 Å². The van der Waals surface area contributed by atoms with Crippen LogP contribution in [0.4, 0.5) is 0 Å². The molecular weight excluding hydrogens is 1110 g/mol. The van der Waals surface area contributed by atoms with E-state index in [2.05, 4.69) is 218 Å². The summed E-state index contributed by atoms with van der Waals surface area (Å²) in [7, 11) is 2.23. The van der Waals surface area contributed by atoms with Gasteiger partial charge in [-0.1, -0.05) is 234 Å². The normalized spacial score (nSPS) is 23.3. The molecule has 0 aromatic heterocycles. The van der Waals surface area contributed by atoms with Crippen molar-refractivity contribution in [2.24, 2.45) is 63.1 Å². The summed E-state index contributed by atoms with van der Waals surface area (Å²) in [5.41, 5.74) is 3.77. The minimum absolute atomic E-state index is 0.389. The molecule has 5 aliphatic heterocycles. The summed E-state index contributed by atoms with van der Waals surface area (Å²) in [6.07, 6.45) is 43.4. The number of likely N-dealkylation sites (tertiary alicyclic amines) is 5. The first-order valence-electron chi connectivity index (χ1n) is 41.0. The van der Waals surface area contributed by atoms with Gasteiger partial charge in [-0.3, -0.25) is 19.6 Å². The van der Waals surface area contributed by atoms with Crippen LogP contribution in [-0.4, -0.2) is 119 Å². The summed E-state index contributed by atoms with van der Waals surface area (Å²) >= 11 is 0. The molecule has 8 rings (SSSR count). The van der Waals surface area contributed by atoms with Crippen LogP contribution in [0.3, 0.4) is 0 Å². The second-order valence-corrected chi connectivity index (χ2v) is 40.1. The van der Waals surface area contributed by atoms with Gasteiger partial charge in [0.05, 0.1) is 0 Å². The lowest BCUT2D eigenvalue weighted by Gasteiger charge is -2.40. The third-order valence-corrected chi connectivity index (χ3v) is 21.1. The molecule has 0 aromatic rings. The zero-order chi connectivity index (χ0) is 71.2. The van der Waals surface area contributed by atoms with Crippen molar-refractivity contribution in [2.45, 2.75) is 429 Å². The Labute approximate surface area is 586 Å². The van der Waals surface area contributed by atoms with E-state index in [0.29, 0.717) is 43.8 Å². The third kappa shape index (κ3) is 52.8. The van der Waals surface area contributed by atoms with E-state index in [-0.39, 0.29) is 0 Å². The minimum atomic E-state index is 0.389. The number of hydrogen-bond donors (Lipinski definition) is 0. The van der Waals surface area contributed by atoms with E-state index in [1.807, 2.05) is 27.7 Å². The predicted molar refractivity (Wildman–Crippen MR) is 423 cm³/mol. The molecule has 5 heterocycles. The molecule has 556 valence electrons. The Bertz CT molecular complexity index is 1500. The predicted octanol–water partition coefficient (Wildman–Crippen LogP) is 26.6. The molecule has 0 N–H and O–H groups in total. The molecule has 3 saturated carbocycles. The number of piperidine rings is 5. The van der Waals surface area contributed by atoms with Gasteiger partial charge < -0.3 is 4.90 Å². The van der Waals surface area contributed by atoms with Crippen LogP contribution in [-0.2, 0) is 0 Å². The van der Waals surface area contributed by atoms with E-state index >= 15 is 0 Å². The molecule has 8 aliphatic rings. The molecule has 0 spiro atoms. The minimum Gasteiger partial charge on any atom is -0.306 e. The Kier molecular flexibility index (Phi) is 48.7. The lowest BCUT2D eigenvalue weighted by molar-refractivity contribution is 0.0915. The van der Waals surface area contributed by atoms with Crippen LogP contribution in [0.25, 0.3) is 0 Å². The van der Waals surface area contributed by atoms with Gasteiger partial charge in [-0.05, 0) is 309 Å². The zero-order valence-electron chi connectivity index (χ0n) is 70.6. The SMILES string of the molecule is CC.CC.CC(C)(C)CC1CCCCC1.CC(C)(C)CC1CCCCC1.CC(C)(C)N1CCCCC1.CC(C)(C)N1CCCCC1.CC1CCC(CC(C)(C)C)CC1.CC1CCN(C(C)(C)C)CC1.CC1CCN(C(C)(C)C)CC1.CN1CCC(CC(C)(C)C)CC1. The average Bonchev–Trinajstić information content (AvgIpc) is 1.33. The quantitative estimate of drug-likeness (QED) is 0.278. The molecule has 0 bridgehead atoms. The highest BCUT2D eigenvalue weighted by Gasteiger charge is 2.29. The van der Waals surface area contributed by atoms with Crippen LogP contribution in [0.2, 0.25) is 0 Å². The van der Waals surface area contributed by atoms with E-state index in [1.165, 1.54) is 258 Å². The molecule has 5 saturated heterocycles. The fourth-order valence-corrected chi connectivity index (χ4v) is 15.5. The van der Waals surface area contributed by atoms with Gasteiger partial charge in [0.1, 0.15) is 0 Å². The van der Waals surface area contributed by atoms with E-state index in [1.54, 1.807) is 0 Å². The van der Waals surface area contributed by atoms with Crippen LogP contribution >= 0.6 is 0 Å². The topological polar surface area (TPSA) is 16.2 Å². The average molecular weight is 1300 g/mol. The Morgan fingerprint density at radius 1 is 0.217 bits per heavy atom. The van der Waals surface area contributed by atoms with Crippen molar-refractivity contribution in [1.82, 2.24) is 24.5 Å². The maximum absolute atomic E-state index is 2.59. The summed E-state index contributed by atoms with van der Waals surface area (Å²) in [6.45, 7) is 84.2. The number of rotatable bonds is 4. The van der Waals surface area contributed by atoms with E-state index in [0.717, 1.165) is 41.4 Å². The highest BCUT2D eigenvalue weighted by molar-refractivity contribution is 4.84. The Balaban J connectivity index is 0. The third-order valence-electron chi connectivity index (χ3n) is 21.1. The summed E-state index contributed by atoms with van der Waals surface area (Å²) in [5.74, 6) is 7.01. The van der Waals surface area contributed by atoms with Crippen molar-refractivity contribution in [3.05, 3.63) is 0 Å². The van der Waals surface area contributed by atoms with E-state index in [4.69, 9.17) is 0 Å². The lowest BCUT2D eigenvalue weighted by Crippen LogP contribution is -2.45. The lowest BCUT2D eigenvalue weighted by atomic mass is 9.75. The van der Waals surface area contributed by atoms with E-state index in [9.17, 15) is 0 Å². The second-order valence-electron chi connectivity index (χ2n) is 40.1. The fraction of sp³-hybridized carbons (Fsp3) is 1.00. The maximum atomic E-state index is 2.59. The van der Waals surface area contributed by atoms with Gasteiger partial charge in [-0.2, -0.15) is 0 Å². The molecule has 5 nitrogen and oxygen atoms in total. The molecule has 0 aromatic carbocycles. The molecule has 92 heavy (non-hydrogen) atoms. The molecule has 5 heteroatoms. The van der Waals surface area contributed by atoms with Crippen LogP contribution in [0.1, 0.15) is 407 Å². The highest BCUT2D eigenvalue weighted by atomic mass is 15.2. The summed E-state index contributed by atoms with van der Waals surface area (Å²) < 4.78 is 0. The van der Waals surface area contributed by atoms with Crippen molar-refractivity contribution in [1.29, 1.82) is 0 Å². The van der Waals surface area contributed by atoms with E-state index < -0.39 is 0 Å². The van der Waals surface area contributed by atoms with Crippen molar-refractivity contribution in [2.75, 3.05) is 72.5 Å². The standard InChI is InChI=1S/C12H24.C11H23N.2C11H22.2C10H21N.2C9H19N.2C2H6/c1-10-5-7-11(8-6-10)9-12(2,3)4;1-11(2,3)9-10-5-7-12(4)8-6-10;2*1-11(2,3)9-10-7-5-4-6-8-10;2*1-9-5-7-11(8-6-9)10(2,3)4;2*1-9(2,3)10-7-5-4-6-8-10;2*1-2/h10-11H,5-9H2,1-4H3;10H,5-9H2,1-4H3;2*10H,4-9H2,1-3H3;2*9H,5-8H2,1-4H3;2*4-8H2,1-3H3;2*1-2H3. The molecule has 8 fully saturated rings.